The Morgan fingerprint density at radius 3 is 2.53 bits per heavy atom. The lowest BCUT2D eigenvalue weighted by molar-refractivity contribution is -0.137. The second-order valence-electron chi connectivity index (χ2n) is 4.39. The summed E-state index contributed by atoms with van der Waals surface area (Å²) in [5.74, 6) is -1.44. The van der Waals surface area contributed by atoms with Crippen molar-refractivity contribution in [2.24, 2.45) is 0 Å². The highest BCUT2D eigenvalue weighted by Crippen LogP contribution is 2.21. The van der Waals surface area contributed by atoms with E-state index >= 15 is 0 Å². The van der Waals surface area contributed by atoms with Crippen molar-refractivity contribution in [1.82, 2.24) is 9.88 Å². The van der Waals surface area contributed by atoms with Gasteiger partial charge in [-0.25, -0.2) is 0 Å². The first-order valence-corrected chi connectivity index (χ1v) is 5.82. The fourth-order valence-electron chi connectivity index (χ4n) is 1.96. The topological polar surface area (TPSA) is 70.5 Å². The third-order valence-corrected chi connectivity index (χ3v) is 2.92. The summed E-state index contributed by atoms with van der Waals surface area (Å²) in [6.45, 7) is 1.58. The lowest BCUT2D eigenvalue weighted by atomic mass is 10.1. The zero-order valence-electron chi connectivity index (χ0n) is 10.8. The molecule has 1 aromatic carbocycles. The molecule has 5 nitrogen and oxygen atoms in total. The van der Waals surface area contributed by atoms with Crippen LogP contribution in [0.15, 0.2) is 30.5 Å². The summed E-state index contributed by atoms with van der Waals surface area (Å²) in [6, 6.07) is 7.46. The minimum Gasteiger partial charge on any atom is -0.480 e. The van der Waals surface area contributed by atoms with Crippen molar-refractivity contribution in [1.29, 1.82) is 0 Å². The molecule has 19 heavy (non-hydrogen) atoms. The zero-order chi connectivity index (χ0) is 14.0. The molecule has 0 saturated heterocycles. The van der Waals surface area contributed by atoms with Crippen LogP contribution < -0.4 is 0 Å². The van der Waals surface area contributed by atoms with Crippen molar-refractivity contribution in [3.8, 4) is 0 Å². The lowest BCUT2D eigenvalue weighted by Gasteiger charge is -2.15. The van der Waals surface area contributed by atoms with Gasteiger partial charge in [0.15, 0.2) is 0 Å². The van der Waals surface area contributed by atoms with E-state index in [-0.39, 0.29) is 12.2 Å². The molecule has 1 heterocycles. The molecule has 0 aliphatic heterocycles. The molecule has 2 rings (SSSR count). The SMILES string of the molecule is Cc1cnc(C(=O)N(C)CC(=O)O)c2ccccc12. The molecule has 0 saturated carbocycles. The number of aromatic nitrogens is 1. The minimum atomic E-state index is -1.05. The molecule has 5 heteroatoms. The molecular formula is C14H14N2O3. The van der Waals surface area contributed by atoms with Gasteiger partial charge in [-0.2, -0.15) is 0 Å². The van der Waals surface area contributed by atoms with Crippen molar-refractivity contribution in [3.05, 3.63) is 41.7 Å². The maximum Gasteiger partial charge on any atom is 0.323 e. The van der Waals surface area contributed by atoms with Gasteiger partial charge >= 0.3 is 5.97 Å². The fraction of sp³-hybridized carbons (Fsp3) is 0.214. The van der Waals surface area contributed by atoms with Crippen LogP contribution in [0.5, 0.6) is 0 Å². The largest absolute Gasteiger partial charge is 0.480 e. The molecule has 1 aromatic heterocycles. The number of carboxylic acids is 1. The number of carbonyl (C=O) groups excluding carboxylic acids is 1. The summed E-state index contributed by atoms with van der Waals surface area (Å²) in [5, 5.41) is 10.4. The molecule has 2 aromatic rings. The van der Waals surface area contributed by atoms with Gasteiger partial charge in [0.1, 0.15) is 12.2 Å². The smallest absolute Gasteiger partial charge is 0.323 e. The van der Waals surface area contributed by atoms with Crippen LogP contribution in [0.4, 0.5) is 0 Å². The van der Waals surface area contributed by atoms with Crippen LogP contribution in [-0.4, -0.2) is 40.5 Å². The molecule has 0 atom stereocenters. The maximum absolute atomic E-state index is 12.2. The van der Waals surface area contributed by atoms with Gasteiger partial charge in [0.05, 0.1) is 0 Å². The summed E-state index contributed by atoms with van der Waals surface area (Å²) in [5.41, 5.74) is 1.26. The first kappa shape index (κ1) is 13.0. The molecule has 1 N–H and O–H groups in total. The van der Waals surface area contributed by atoms with Crippen molar-refractivity contribution >= 4 is 22.6 Å². The second kappa shape index (κ2) is 5.06. The Morgan fingerprint density at radius 2 is 1.89 bits per heavy atom. The molecule has 98 valence electrons. The quantitative estimate of drug-likeness (QED) is 0.909. The van der Waals surface area contributed by atoms with Gasteiger partial charge in [-0.1, -0.05) is 24.3 Å². The van der Waals surface area contributed by atoms with E-state index in [4.69, 9.17) is 5.11 Å². The standard InChI is InChI=1S/C14H14N2O3/c1-9-7-15-13(11-6-4-3-5-10(9)11)14(19)16(2)8-12(17)18/h3-7H,8H2,1-2H3,(H,17,18). The number of carboxylic acid groups (broad SMARTS) is 1. The van der Waals surface area contributed by atoms with Crippen LogP contribution >= 0.6 is 0 Å². The van der Waals surface area contributed by atoms with E-state index in [0.29, 0.717) is 0 Å². The normalized spacial score (nSPS) is 10.4. The number of amides is 1. The van der Waals surface area contributed by atoms with Gasteiger partial charge in [-0.3, -0.25) is 14.6 Å². The third-order valence-electron chi connectivity index (χ3n) is 2.92. The zero-order valence-corrected chi connectivity index (χ0v) is 10.8. The summed E-state index contributed by atoms with van der Waals surface area (Å²) >= 11 is 0. The summed E-state index contributed by atoms with van der Waals surface area (Å²) in [4.78, 5) is 28.2. The Hall–Kier alpha value is -2.43. The van der Waals surface area contributed by atoms with Gasteiger partial charge in [0.2, 0.25) is 0 Å². The summed E-state index contributed by atoms with van der Waals surface area (Å²) < 4.78 is 0. The van der Waals surface area contributed by atoms with Crippen LogP contribution in [0, 0.1) is 6.92 Å². The number of aryl methyl sites for hydroxylation is 1. The molecule has 0 radical (unpaired) electrons. The average Bonchev–Trinajstić information content (AvgIpc) is 2.38. The third kappa shape index (κ3) is 2.54. The number of pyridine rings is 1. The number of aliphatic carboxylic acids is 1. The van der Waals surface area contributed by atoms with Crippen molar-refractivity contribution in [2.75, 3.05) is 13.6 Å². The van der Waals surface area contributed by atoms with Gasteiger partial charge in [-0.15, -0.1) is 0 Å². The van der Waals surface area contributed by atoms with E-state index in [1.54, 1.807) is 6.20 Å². The van der Waals surface area contributed by atoms with Crippen molar-refractivity contribution in [3.63, 3.8) is 0 Å². The van der Waals surface area contributed by atoms with E-state index in [9.17, 15) is 9.59 Å². The fourth-order valence-corrected chi connectivity index (χ4v) is 1.96. The van der Waals surface area contributed by atoms with E-state index < -0.39 is 11.9 Å². The Kier molecular flexibility index (Phi) is 3.46. The summed E-state index contributed by atoms with van der Waals surface area (Å²) in [7, 11) is 1.45. The molecule has 0 spiro atoms. The Labute approximate surface area is 110 Å². The first-order chi connectivity index (χ1) is 9.00. The van der Waals surface area contributed by atoms with E-state index in [2.05, 4.69) is 4.98 Å². The molecule has 0 aliphatic carbocycles. The number of fused-ring (bicyclic) bond motifs is 1. The number of rotatable bonds is 3. The molecule has 0 fully saturated rings. The predicted molar refractivity (Wildman–Crippen MR) is 71.1 cm³/mol. The number of nitrogens with zero attached hydrogens (tertiary/aromatic N) is 2. The van der Waals surface area contributed by atoms with Crippen LogP contribution in [-0.2, 0) is 4.79 Å². The molecular weight excluding hydrogens is 244 g/mol. The highest BCUT2D eigenvalue weighted by atomic mass is 16.4. The van der Waals surface area contributed by atoms with E-state index in [1.807, 2.05) is 31.2 Å². The number of benzene rings is 1. The molecule has 0 aliphatic rings. The molecule has 1 amide bonds. The number of hydrogen-bond acceptors (Lipinski definition) is 3. The van der Waals surface area contributed by atoms with Crippen LogP contribution in [0.25, 0.3) is 10.8 Å². The van der Waals surface area contributed by atoms with Gasteiger partial charge in [0, 0.05) is 18.6 Å². The van der Waals surface area contributed by atoms with Crippen molar-refractivity contribution in [2.45, 2.75) is 6.92 Å². The average molecular weight is 258 g/mol. The van der Waals surface area contributed by atoms with Gasteiger partial charge in [-0.05, 0) is 17.9 Å². The highest BCUT2D eigenvalue weighted by Gasteiger charge is 2.18. The number of likely N-dealkylation sites (N-methyl/N-ethyl adjacent to an activating group) is 1. The monoisotopic (exact) mass is 258 g/mol. The first-order valence-electron chi connectivity index (χ1n) is 5.82. The highest BCUT2D eigenvalue weighted by molar-refractivity contribution is 6.06. The Balaban J connectivity index is 2.48. The predicted octanol–water partition coefficient (Wildman–Crippen LogP) is 1.70. The molecule has 0 bridgehead atoms. The number of hydrogen-bond donors (Lipinski definition) is 1. The lowest BCUT2D eigenvalue weighted by Crippen LogP contribution is -2.32. The van der Waals surface area contributed by atoms with E-state index in [1.165, 1.54) is 7.05 Å². The van der Waals surface area contributed by atoms with Gasteiger partial charge < -0.3 is 10.0 Å². The van der Waals surface area contributed by atoms with Crippen molar-refractivity contribution < 1.29 is 14.7 Å². The van der Waals surface area contributed by atoms with Gasteiger partial charge in [0.25, 0.3) is 5.91 Å². The Morgan fingerprint density at radius 1 is 1.26 bits per heavy atom. The van der Waals surface area contributed by atoms with Crippen LogP contribution in [0.3, 0.4) is 0 Å². The maximum atomic E-state index is 12.2. The Bertz CT molecular complexity index is 652. The number of carbonyl (C=O) groups is 2. The minimum absolute atomic E-state index is 0.282. The molecule has 0 unspecified atom stereocenters. The summed E-state index contributed by atoms with van der Waals surface area (Å²) in [6.07, 6.45) is 1.63. The van der Waals surface area contributed by atoms with Crippen LogP contribution in [0.1, 0.15) is 16.1 Å². The van der Waals surface area contributed by atoms with Crippen LogP contribution in [0.2, 0.25) is 0 Å². The second-order valence-corrected chi connectivity index (χ2v) is 4.39. The van der Waals surface area contributed by atoms with E-state index in [0.717, 1.165) is 21.2 Å².